The predicted molar refractivity (Wildman–Crippen MR) is 93.6 cm³/mol. The van der Waals surface area contributed by atoms with Crippen LogP contribution in [0.3, 0.4) is 0 Å². The Hall–Kier alpha value is 0.320. The highest BCUT2D eigenvalue weighted by Crippen LogP contribution is 2.40. The summed E-state index contributed by atoms with van der Waals surface area (Å²) in [5.41, 5.74) is 1.39. The van der Waals surface area contributed by atoms with Crippen molar-refractivity contribution in [2.45, 2.75) is 33.2 Å². The first-order chi connectivity index (χ1) is 9.02. The average Bonchev–Trinajstić information content (AvgIpc) is 2.84. The molecule has 0 fully saturated rings. The van der Waals surface area contributed by atoms with Gasteiger partial charge in [0.15, 0.2) is 0 Å². The third kappa shape index (κ3) is 3.70. The first-order valence-corrected chi connectivity index (χ1v) is 9.49. The van der Waals surface area contributed by atoms with E-state index in [0.717, 1.165) is 21.2 Å². The molecule has 2 aromatic heterocycles. The minimum absolute atomic E-state index is 0.311. The second kappa shape index (κ2) is 6.85. The number of aryl methyl sites for hydroxylation is 2. The quantitative estimate of drug-likeness (QED) is 0.619. The van der Waals surface area contributed by atoms with E-state index in [2.05, 4.69) is 70.1 Å². The van der Waals surface area contributed by atoms with Crippen molar-refractivity contribution in [1.29, 1.82) is 0 Å². The molecule has 0 aliphatic rings. The molecule has 0 spiro atoms. The van der Waals surface area contributed by atoms with Crippen LogP contribution in [0.1, 0.15) is 39.6 Å². The van der Waals surface area contributed by atoms with E-state index in [1.165, 1.54) is 20.2 Å². The Labute approximate surface area is 139 Å². The van der Waals surface area contributed by atoms with Crippen LogP contribution in [0.25, 0.3) is 0 Å². The van der Waals surface area contributed by atoms with Gasteiger partial charge in [-0.2, -0.15) is 0 Å². The highest BCUT2D eigenvalue weighted by atomic mass is 79.9. The summed E-state index contributed by atoms with van der Waals surface area (Å²) in [6, 6.07) is 4.81. The number of nitrogens with one attached hydrogen (secondary N) is 1. The van der Waals surface area contributed by atoms with E-state index in [4.69, 9.17) is 0 Å². The lowest BCUT2D eigenvalue weighted by Crippen LogP contribution is -2.22. The van der Waals surface area contributed by atoms with Crippen molar-refractivity contribution in [2.75, 3.05) is 6.54 Å². The Bertz CT molecular complexity index is 540. The predicted octanol–water partition coefficient (Wildman–Crippen LogP) is 6.04. The number of halogens is 2. The normalized spacial score (nSPS) is 12.9. The summed E-state index contributed by atoms with van der Waals surface area (Å²) < 4.78 is 2.30. The lowest BCUT2D eigenvalue weighted by molar-refractivity contribution is 0.611. The Morgan fingerprint density at radius 1 is 1.21 bits per heavy atom. The van der Waals surface area contributed by atoms with Crippen LogP contribution in [0.5, 0.6) is 0 Å². The maximum Gasteiger partial charge on any atom is 0.0843 e. The molecule has 0 bridgehead atoms. The first kappa shape index (κ1) is 15.7. The van der Waals surface area contributed by atoms with E-state index >= 15 is 0 Å². The Balaban J connectivity index is 2.38. The number of hydrogen-bond acceptors (Lipinski definition) is 3. The van der Waals surface area contributed by atoms with Gasteiger partial charge in [-0.1, -0.05) is 6.92 Å². The zero-order valence-electron chi connectivity index (χ0n) is 11.2. The summed E-state index contributed by atoms with van der Waals surface area (Å²) in [6.45, 7) is 7.63. The lowest BCUT2D eigenvalue weighted by Gasteiger charge is -2.16. The summed E-state index contributed by atoms with van der Waals surface area (Å²) in [4.78, 5) is 4.18. The van der Waals surface area contributed by atoms with Crippen LogP contribution in [-0.4, -0.2) is 6.54 Å². The Morgan fingerprint density at radius 3 is 2.42 bits per heavy atom. The smallest absolute Gasteiger partial charge is 0.0843 e. The Morgan fingerprint density at radius 2 is 1.95 bits per heavy atom. The molecule has 0 aliphatic heterocycles. The molecular formula is C14H17Br2NS2. The van der Waals surface area contributed by atoms with E-state index < -0.39 is 0 Å². The molecule has 0 aromatic carbocycles. The highest BCUT2D eigenvalue weighted by Gasteiger charge is 2.20. The van der Waals surface area contributed by atoms with Crippen LogP contribution >= 0.6 is 54.5 Å². The molecule has 5 heteroatoms. The van der Waals surface area contributed by atoms with Gasteiger partial charge in [-0.3, -0.25) is 0 Å². The summed E-state index contributed by atoms with van der Waals surface area (Å²) in [5.74, 6) is 0. The monoisotopic (exact) mass is 421 g/mol. The second-order valence-electron chi connectivity index (χ2n) is 4.56. The van der Waals surface area contributed by atoms with Crippen molar-refractivity contribution in [3.63, 3.8) is 0 Å². The maximum atomic E-state index is 3.68. The fraction of sp³-hybridized carbons (Fsp3) is 0.429. The zero-order chi connectivity index (χ0) is 14.0. The van der Waals surface area contributed by atoms with Gasteiger partial charge in [-0.25, -0.2) is 0 Å². The van der Waals surface area contributed by atoms with Gasteiger partial charge >= 0.3 is 0 Å². The third-order valence-corrected chi connectivity index (χ3v) is 7.43. The fourth-order valence-electron chi connectivity index (χ4n) is 2.06. The molecule has 19 heavy (non-hydrogen) atoms. The van der Waals surface area contributed by atoms with Gasteiger partial charge in [0.25, 0.3) is 0 Å². The van der Waals surface area contributed by atoms with Gasteiger partial charge in [0.1, 0.15) is 0 Å². The average molecular weight is 423 g/mol. The molecule has 0 amide bonds. The van der Waals surface area contributed by atoms with Crippen molar-refractivity contribution in [1.82, 2.24) is 5.32 Å². The number of rotatable bonds is 5. The van der Waals surface area contributed by atoms with Gasteiger partial charge in [0.2, 0.25) is 0 Å². The summed E-state index contributed by atoms with van der Waals surface area (Å²) >= 11 is 10.9. The molecular weight excluding hydrogens is 406 g/mol. The van der Waals surface area contributed by atoms with Gasteiger partial charge in [-0.05, 0) is 76.4 Å². The molecule has 104 valence electrons. The van der Waals surface area contributed by atoms with Crippen LogP contribution < -0.4 is 5.32 Å². The van der Waals surface area contributed by atoms with E-state index in [-0.39, 0.29) is 0 Å². The third-order valence-electron chi connectivity index (χ3n) is 2.89. The first-order valence-electron chi connectivity index (χ1n) is 6.28. The van der Waals surface area contributed by atoms with Gasteiger partial charge < -0.3 is 5.32 Å². The van der Waals surface area contributed by atoms with Gasteiger partial charge in [0.05, 0.1) is 9.83 Å². The van der Waals surface area contributed by atoms with Crippen LogP contribution in [0.15, 0.2) is 20.4 Å². The lowest BCUT2D eigenvalue weighted by atomic mass is 10.1. The SMILES string of the molecule is CCCNC(c1cc(Br)c(Br)s1)c1sc(C)cc1C. The molecule has 2 aromatic rings. The largest absolute Gasteiger partial charge is 0.305 e. The summed E-state index contributed by atoms with van der Waals surface area (Å²) in [7, 11) is 0. The molecule has 0 aliphatic carbocycles. The molecule has 0 radical (unpaired) electrons. The van der Waals surface area contributed by atoms with Crippen molar-refractivity contribution < 1.29 is 0 Å². The summed E-state index contributed by atoms with van der Waals surface area (Å²) in [6.07, 6.45) is 1.15. The standard InChI is InChI=1S/C14H17Br2NS2/c1-4-5-17-12(11-7-10(15)14(16)19-11)13-8(2)6-9(3)18-13/h6-7,12,17H,4-5H2,1-3H3. The number of hydrogen-bond donors (Lipinski definition) is 1. The van der Waals surface area contributed by atoms with Crippen molar-refractivity contribution >= 4 is 54.5 Å². The van der Waals surface area contributed by atoms with Gasteiger partial charge in [-0.15, -0.1) is 22.7 Å². The highest BCUT2D eigenvalue weighted by molar-refractivity contribution is 9.13. The second-order valence-corrected chi connectivity index (χ2v) is 9.11. The summed E-state index contributed by atoms with van der Waals surface area (Å²) in [5, 5.41) is 3.68. The van der Waals surface area contributed by atoms with Crippen molar-refractivity contribution in [2.24, 2.45) is 0 Å². The van der Waals surface area contributed by atoms with E-state index in [1.54, 1.807) is 11.3 Å². The molecule has 0 saturated heterocycles. The molecule has 1 atom stereocenters. The van der Waals surface area contributed by atoms with E-state index in [1.807, 2.05) is 11.3 Å². The minimum Gasteiger partial charge on any atom is -0.305 e. The van der Waals surface area contributed by atoms with E-state index in [9.17, 15) is 0 Å². The molecule has 1 N–H and O–H groups in total. The van der Waals surface area contributed by atoms with Gasteiger partial charge in [0, 0.05) is 19.1 Å². The zero-order valence-corrected chi connectivity index (χ0v) is 16.0. The minimum atomic E-state index is 0.311. The molecule has 0 saturated carbocycles. The van der Waals surface area contributed by atoms with Crippen LogP contribution in [0, 0.1) is 13.8 Å². The molecule has 1 nitrogen and oxygen atoms in total. The maximum absolute atomic E-state index is 3.68. The van der Waals surface area contributed by atoms with Crippen molar-refractivity contribution in [3.8, 4) is 0 Å². The fourth-order valence-corrected chi connectivity index (χ4v) is 5.44. The molecule has 2 rings (SSSR count). The molecule has 1 unspecified atom stereocenters. The number of thiophene rings is 2. The van der Waals surface area contributed by atoms with E-state index in [0.29, 0.717) is 6.04 Å². The van der Waals surface area contributed by atoms with Crippen LogP contribution in [0.2, 0.25) is 0 Å². The Kier molecular flexibility index (Phi) is 5.66. The van der Waals surface area contributed by atoms with Crippen LogP contribution in [-0.2, 0) is 0 Å². The van der Waals surface area contributed by atoms with Crippen molar-refractivity contribution in [3.05, 3.63) is 40.6 Å². The topological polar surface area (TPSA) is 12.0 Å². The van der Waals surface area contributed by atoms with Crippen LogP contribution in [0.4, 0.5) is 0 Å². The molecule has 2 heterocycles.